The molecule has 1 fully saturated rings. The fraction of sp³-hybridized carbons (Fsp3) is 0.211. The van der Waals surface area contributed by atoms with Crippen molar-refractivity contribution in [2.24, 2.45) is 0 Å². The normalized spacial score (nSPS) is 13.4. The van der Waals surface area contributed by atoms with Crippen molar-refractivity contribution in [2.45, 2.75) is 37.8 Å². The summed E-state index contributed by atoms with van der Waals surface area (Å²) >= 11 is 0. The van der Waals surface area contributed by atoms with Gasteiger partial charge in [-0.25, -0.2) is 23.2 Å². The number of methoxy groups -OCH3 is 2. The molecule has 3 aromatic carbocycles. The second-order valence-electron chi connectivity index (χ2n) is 12.4. The Kier molecular flexibility index (Phi) is 9.54. The number of nitrogens with zero attached hydrogens (tertiary/aromatic N) is 5. The third-order valence-corrected chi connectivity index (χ3v) is 9.05. The molecule has 1 aliphatic rings. The van der Waals surface area contributed by atoms with Crippen LogP contribution in [-0.2, 0) is 16.1 Å². The van der Waals surface area contributed by atoms with Gasteiger partial charge in [0.2, 0.25) is 0 Å². The van der Waals surface area contributed by atoms with E-state index in [-0.39, 0.29) is 28.4 Å². The smallest absolute Gasteiger partial charge is 0.331 e. The molecule has 3 aromatic heterocycles. The highest BCUT2D eigenvalue weighted by Gasteiger charge is 2.43. The van der Waals surface area contributed by atoms with Gasteiger partial charge in [-0.3, -0.25) is 9.59 Å². The van der Waals surface area contributed by atoms with Crippen molar-refractivity contribution in [1.29, 1.82) is 0 Å². The van der Waals surface area contributed by atoms with Crippen LogP contribution in [0.4, 0.5) is 20.3 Å². The van der Waals surface area contributed by atoms with Gasteiger partial charge in [-0.05, 0) is 73.0 Å². The lowest BCUT2D eigenvalue weighted by molar-refractivity contribution is -0.145. The second kappa shape index (κ2) is 14.5. The molecule has 7 rings (SSSR count). The van der Waals surface area contributed by atoms with E-state index < -0.39 is 34.6 Å². The quantitative estimate of drug-likeness (QED) is 0.147. The number of anilines is 2. The standard InChI is InChI=1S/C38H33F2N7O6/c1-51-27-12-5-23(6-13-27)22-46-34-32(33(45-46)44-38(37(50)52-2)17-3-4-18-38)31(16-19-41-34)53-30-14-9-25(21-29(30)40)43-35(48)28-15-20-42-47(36(28)49)26-10-7-24(39)8-11-26/h5-16,19-21H,3-4,17-18,22H2,1-2H3,(H,43,48)(H,44,45). The first-order valence-corrected chi connectivity index (χ1v) is 16.7. The summed E-state index contributed by atoms with van der Waals surface area (Å²) in [5, 5.41) is 15.1. The Morgan fingerprint density at radius 1 is 0.906 bits per heavy atom. The molecule has 0 spiro atoms. The Morgan fingerprint density at radius 2 is 1.66 bits per heavy atom. The molecule has 0 aliphatic heterocycles. The number of pyridine rings is 1. The number of hydrogen-bond acceptors (Lipinski definition) is 10. The molecule has 1 saturated carbocycles. The molecule has 53 heavy (non-hydrogen) atoms. The Bertz CT molecular complexity index is 2370. The van der Waals surface area contributed by atoms with Crippen LogP contribution in [0.1, 0.15) is 41.6 Å². The van der Waals surface area contributed by atoms with Gasteiger partial charge < -0.3 is 24.8 Å². The molecule has 2 N–H and O–H groups in total. The summed E-state index contributed by atoms with van der Waals surface area (Å²) in [4.78, 5) is 43.8. The van der Waals surface area contributed by atoms with Gasteiger partial charge in [-0.2, -0.15) is 14.9 Å². The fourth-order valence-corrected chi connectivity index (χ4v) is 6.37. The second-order valence-corrected chi connectivity index (χ2v) is 12.4. The number of rotatable bonds is 11. The largest absolute Gasteiger partial charge is 0.497 e. The predicted molar refractivity (Wildman–Crippen MR) is 191 cm³/mol. The van der Waals surface area contributed by atoms with Crippen LogP contribution in [0.2, 0.25) is 0 Å². The number of carbonyl (C=O) groups excluding carboxylic acids is 2. The van der Waals surface area contributed by atoms with Crippen molar-refractivity contribution in [3.8, 4) is 22.9 Å². The Hall–Kier alpha value is -6.64. The number of benzene rings is 3. The van der Waals surface area contributed by atoms with E-state index in [0.717, 1.165) is 29.2 Å². The van der Waals surface area contributed by atoms with Gasteiger partial charge in [0, 0.05) is 30.2 Å². The minimum Gasteiger partial charge on any atom is -0.497 e. The van der Waals surface area contributed by atoms with Crippen LogP contribution in [0.5, 0.6) is 17.2 Å². The molecule has 0 atom stereocenters. The maximum atomic E-state index is 15.7. The summed E-state index contributed by atoms with van der Waals surface area (Å²) in [6.45, 7) is 0.319. The van der Waals surface area contributed by atoms with Crippen LogP contribution in [0.15, 0.2) is 96.1 Å². The van der Waals surface area contributed by atoms with Crippen molar-refractivity contribution in [3.05, 3.63) is 124 Å². The summed E-state index contributed by atoms with van der Waals surface area (Å²) in [6.07, 6.45) is 5.46. The zero-order valence-electron chi connectivity index (χ0n) is 28.6. The van der Waals surface area contributed by atoms with Gasteiger partial charge in [-0.15, -0.1) is 0 Å². The van der Waals surface area contributed by atoms with Crippen LogP contribution in [-0.4, -0.2) is 56.2 Å². The highest BCUT2D eigenvalue weighted by Crippen LogP contribution is 2.40. The predicted octanol–water partition coefficient (Wildman–Crippen LogP) is 6.25. The zero-order chi connectivity index (χ0) is 37.1. The number of nitrogens with one attached hydrogen (secondary N) is 2. The van der Waals surface area contributed by atoms with Gasteiger partial charge in [0.25, 0.3) is 11.5 Å². The van der Waals surface area contributed by atoms with Crippen molar-refractivity contribution in [2.75, 3.05) is 24.9 Å². The maximum absolute atomic E-state index is 15.7. The Morgan fingerprint density at radius 3 is 2.36 bits per heavy atom. The fourth-order valence-electron chi connectivity index (χ4n) is 6.37. The minimum atomic E-state index is -1.02. The molecule has 3 heterocycles. The van der Waals surface area contributed by atoms with Crippen LogP contribution in [0, 0.1) is 11.6 Å². The molecule has 13 nitrogen and oxygen atoms in total. The molecule has 6 aromatic rings. The van der Waals surface area contributed by atoms with E-state index in [1.54, 1.807) is 17.9 Å². The van der Waals surface area contributed by atoms with E-state index in [4.69, 9.17) is 19.3 Å². The first kappa shape index (κ1) is 34.8. The molecule has 1 amide bonds. The van der Waals surface area contributed by atoms with Crippen molar-refractivity contribution < 1.29 is 32.6 Å². The third-order valence-electron chi connectivity index (χ3n) is 9.05. The molecule has 0 unspecified atom stereocenters. The maximum Gasteiger partial charge on any atom is 0.331 e. The van der Waals surface area contributed by atoms with E-state index in [1.807, 2.05) is 24.3 Å². The van der Waals surface area contributed by atoms with Crippen molar-refractivity contribution in [3.63, 3.8) is 0 Å². The van der Waals surface area contributed by atoms with E-state index in [2.05, 4.69) is 20.7 Å². The van der Waals surface area contributed by atoms with Crippen molar-refractivity contribution >= 4 is 34.4 Å². The van der Waals surface area contributed by atoms with E-state index >= 15 is 4.39 Å². The SMILES string of the molecule is COC(=O)C1(Nc2nn(Cc3ccc(OC)cc3)c3nccc(Oc4ccc(NC(=O)c5ccnn(-c6ccc(F)cc6)c5=O)cc4F)c23)CCCC1. The molecule has 0 saturated heterocycles. The summed E-state index contributed by atoms with van der Waals surface area (Å²) in [5.74, 6) is -1.46. The average molecular weight is 722 g/mol. The molecule has 15 heteroatoms. The molecule has 0 bridgehead atoms. The van der Waals surface area contributed by atoms with Crippen molar-refractivity contribution in [1.82, 2.24) is 24.5 Å². The summed E-state index contributed by atoms with van der Waals surface area (Å²) in [6, 6.07) is 19.1. The van der Waals surface area contributed by atoms with Gasteiger partial charge in [0.05, 0.1) is 26.5 Å². The Labute approximate surface area is 301 Å². The molecule has 1 aliphatic carbocycles. The van der Waals surface area contributed by atoms with Crippen LogP contribution >= 0.6 is 0 Å². The summed E-state index contributed by atoms with van der Waals surface area (Å²) in [7, 11) is 2.93. The molecular formula is C38H33F2N7O6. The topological polar surface area (TPSA) is 151 Å². The monoisotopic (exact) mass is 721 g/mol. The first-order valence-electron chi connectivity index (χ1n) is 16.7. The lowest BCUT2D eigenvalue weighted by atomic mass is 9.97. The number of ether oxygens (including phenoxy) is 3. The van der Waals surface area contributed by atoms with E-state index in [0.29, 0.717) is 42.0 Å². The first-order chi connectivity index (χ1) is 25.7. The highest BCUT2D eigenvalue weighted by atomic mass is 19.1. The lowest BCUT2D eigenvalue weighted by Crippen LogP contribution is -2.44. The summed E-state index contributed by atoms with van der Waals surface area (Å²) in [5.41, 5.74) is -0.381. The number of halogens is 2. The number of amides is 1. The molecule has 270 valence electrons. The third kappa shape index (κ3) is 7.00. The lowest BCUT2D eigenvalue weighted by Gasteiger charge is -2.27. The molecule has 0 radical (unpaired) electrons. The average Bonchev–Trinajstić information content (AvgIpc) is 3.79. The number of fused-ring (bicyclic) bond motifs is 1. The number of aromatic nitrogens is 5. The van der Waals surface area contributed by atoms with Gasteiger partial charge in [0.1, 0.15) is 33.8 Å². The van der Waals surface area contributed by atoms with Crippen LogP contribution < -0.4 is 25.7 Å². The van der Waals surface area contributed by atoms with Gasteiger partial charge in [-0.1, -0.05) is 25.0 Å². The minimum absolute atomic E-state index is 0.0557. The van der Waals surface area contributed by atoms with Gasteiger partial charge >= 0.3 is 5.97 Å². The zero-order valence-corrected chi connectivity index (χ0v) is 28.6. The van der Waals surface area contributed by atoms with E-state index in [1.165, 1.54) is 62.0 Å². The highest BCUT2D eigenvalue weighted by molar-refractivity contribution is 6.04. The van der Waals surface area contributed by atoms with Crippen LogP contribution in [0.3, 0.4) is 0 Å². The number of carbonyl (C=O) groups is 2. The Balaban J connectivity index is 1.18. The van der Waals surface area contributed by atoms with Gasteiger partial charge in [0.15, 0.2) is 23.0 Å². The number of esters is 1. The summed E-state index contributed by atoms with van der Waals surface area (Å²) < 4.78 is 48.3. The number of hydrogen-bond donors (Lipinski definition) is 2. The van der Waals surface area contributed by atoms with E-state index in [9.17, 15) is 18.8 Å². The molecular weight excluding hydrogens is 688 g/mol. The van der Waals surface area contributed by atoms with Crippen LogP contribution in [0.25, 0.3) is 16.7 Å².